The Morgan fingerprint density at radius 3 is 1.27 bits per heavy atom. The van der Waals surface area contributed by atoms with E-state index in [1.807, 2.05) is 20.7 Å². The van der Waals surface area contributed by atoms with E-state index in [9.17, 15) is 0 Å². The average molecular weight is 214 g/mol. The van der Waals surface area contributed by atoms with Crippen LogP contribution in [0.2, 0.25) is 13.6 Å². The van der Waals surface area contributed by atoms with E-state index in [0.29, 0.717) is 0 Å². The van der Waals surface area contributed by atoms with Gasteiger partial charge in [-0.1, -0.05) is 13.8 Å². The molecule has 0 unspecified atom stereocenters. The Morgan fingerprint density at radius 1 is 1.00 bits per heavy atom. The fourth-order valence-corrected chi connectivity index (χ4v) is 1.14. The topological polar surface area (TPSA) is 35.5 Å². The molecule has 15 heavy (non-hydrogen) atoms. The van der Waals surface area contributed by atoms with Crippen molar-refractivity contribution >= 4 is 14.3 Å². The summed E-state index contributed by atoms with van der Waals surface area (Å²) in [5.74, 6) is 0. The molecule has 0 spiro atoms. The number of hydrogen-bond acceptors (Lipinski definition) is 3. The molecule has 0 atom stereocenters. The summed E-state index contributed by atoms with van der Waals surface area (Å²) in [5.41, 5.74) is -0.321. The van der Waals surface area contributed by atoms with Crippen molar-refractivity contribution in [2.24, 2.45) is 0 Å². The van der Waals surface area contributed by atoms with Crippen molar-refractivity contribution in [1.29, 1.82) is 0 Å². The first-order valence-electron chi connectivity index (χ1n) is 5.52. The minimum atomic E-state index is -0.160. The van der Waals surface area contributed by atoms with Gasteiger partial charge in [0.25, 0.3) is 0 Å². The van der Waals surface area contributed by atoms with Gasteiger partial charge < -0.3 is 9.31 Å². The molecule has 0 aromatic carbocycles. The summed E-state index contributed by atoms with van der Waals surface area (Å²) in [4.78, 5) is 0. The van der Waals surface area contributed by atoms with Gasteiger partial charge in [0, 0.05) is 0 Å². The maximum atomic E-state index is 8.81. The van der Waals surface area contributed by atoms with Crippen LogP contribution in [0.25, 0.3) is 0 Å². The summed E-state index contributed by atoms with van der Waals surface area (Å²) >= 11 is 0. The second kappa shape index (κ2) is 7.18. The van der Waals surface area contributed by atoms with E-state index < -0.39 is 0 Å². The van der Waals surface area contributed by atoms with Gasteiger partial charge in [-0.3, -0.25) is 0 Å². The summed E-state index contributed by atoms with van der Waals surface area (Å²) in [7, 11) is 0.685. The Labute approximate surface area is 95.3 Å². The first kappa shape index (κ1) is 17.3. The van der Waals surface area contributed by atoms with Gasteiger partial charge in [-0.25, -0.2) is 0 Å². The molecule has 0 aliphatic carbocycles. The molecule has 1 fully saturated rings. The summed E-state index contributed by atoms with van der Waals surface area (Å²) in [6.45, 7) is 15.6. The van der Waals surface area contributed by atoms with Crippen molar-refractivity contribution in [2.45, 2.75) is 66.4 Å². The predicted octanol–water partition coefficient (Wildman–Crippen LogP) is 2.82. The third kappa shape index (κ3) is 5.47. The Kier molecular flexibility index (Phi) is 8.25. The smallest absolute Gasteiger partial charge is 0.0683 e. The monoisotopic (exact) mass is 214 g/mol. The van der Waals surface area contributed by atoms with Crippen LogP contribution in [0.4, 0.5) is 0 Å². The van der Waals surface area contributed by atoms with Crippen molar-refractivity contribution < 1.29 is 14.0 Å². The van der Waals surface area contributed by atoms with Crippen molar-refractivity contribution in [3.63, 3.8) is 0 Å². The molecule has 0 amide bonds. The fourth-order valence-electron chi connectivity index (χ4n) is 1.14. The second-order valence-electron chi connectivity index (χ2n) is 4.06. The summed E-state index contributed by atoms with van der Waals surface area (Å²) < 4.78 is 19.9. The van der Waals surface area contributed by atoms with Crippen LogP contribution in [0.3, 0.4) is 0 Å². The summed E-state index contributed by atoms with van der Waals surface area (Å²) in [5, 5.41) is 0. The van der Waals surface area contributed by atoms with Crippen molar-refractivity contribution in [2.75, 3.05) is 0 Å². The molecule has 0 radical (unpaired) electrons. The minimum Gasteiger partial charge on any atom is -0.0683 e. The van der Waals surface area contributed by atoms with E-state index in [-0.39, 0.29) is 18.3 Å². The fraction of sp³-hybridized carbons (Fsp3) is 1.00. The molecule has 5 heteroatoms. The van der Waals surface area contributed by atoms with E-state index in [2.05, 4.69) is 27.7 Å². The molecule has 3 nitrogen and oxygen atoms in total. The zero-order chi connectivity index (χ0) is 12.7. The van der Waals surface area contributed by atoms with Gasteiger partial charge >= 0.3 is 25.8 Å². The van der Waals surface area contributed by atoms with Crippen LogP contribution in [-0.2, 0) is 14.0 Å². The number of rotatable bonds is 0. The Hall–Kier alpha value is -0.150. The maximum Gasteiger partial charge on any atom is -0.0683 e. The summed E-state index contributed by atoms with van der Waals surface area (Å²) in [6, 6.07) is 0. The molecule has 0 aromatic rings. The van der Waals surface area contributed by atoms with Gasteiger partial charge in [-0.15, -0.1) is 0 Å². The van der Waals surface area contributed by atoms with Gasteiger partial charge in [0.05, 0.1) is 11.2 Å². The molecular weight excluding hydrogens is 190 g/mol. The van der Waals surface area contributed by atoms with Gasteiger partial charge in [0.1, 0.15) is 0 Å². The van der Waals surface area contributed by atoms with Crippen LogP contribution in [0.5, 0.6) is 0 Å². The van der Waals surface area contributed by atoms with Gasteiger partial charge in [-0.05, 0) is 34.5 Å². The Morgan fingerprint density at radius 2 is 1.20 bits per heavy atom. The van der Waals surface area contributed by atoms with Gasteiger partial charge in [0.2, 0.25) is 0 Å². The molecule has 1 heterocycles. The third-order valence-corrected chi connectivity index (χ3v) is 2.37. The molecule has 0 bridgehead atoms. The quantitative estimate of drug-likeness (QED) is 0.581. The van der Waals surface area contributed by atoms with Crippen LogP contribution >= 0.6 is 0 Å². The Balaban J connectivity index is 0. The van der Waals surface area contributed by atoms with Crippen molar-refractivity contribution in [3.05, 3.63) is 0 Å². The Bertz CT molecular complexity index is 166. The van der Waals surface area contributed by atoms with Crippen LogP contribution in [0, 0.1) is 0 Å². The van der Waals surface area contributed by atoms with Crippen molar-refractivity contribution in [1.82, 2.24) is 0 Å². The zero-order valence-corrected chi connectivity index (χ0v) is 11.4. The SMILES string of the molecule is CB1OC(C)(C)C(C)(C)O1.CB=O.CC. The number of hydrogen-bond donors (Lipinski definition) is 0. The van der Waals surface area contributed by atoms with E-state index in [4.69, 9.17) is 14.0 Å². The minimum absolute atomic E-state index is 0.0648. The van der Waals surface area contributed by atoms with E-state index in [1.54, 1.807) is 0 Å². The standard InChI is InChI=1S/C7H15BO2.C2H6.CH3BO/c1-6(2)7(3,4)10-8(5)9-6;1-2;1-2-3/h1-5H3;1-2H3;1H3. The molecule has 1 aliphatic heterocycles. The molecular formula is C10H24B2O3. The molecule has 0 N–H and O–H groups in total. The van der Waals surface area contributed by atoms with Crippen LogP contribution in [-0.4, -0.2) is 25.5 Å². The molecule has 1 rings (SSSR count). The predicted molar refractivity (Wildman–Crippen MR) is 65.6 cm³/mol. The van der Waals surface area contributed by atoms with Gasteiger partial charge in [0.15, 0.2) is 0 Å². The normalized spacial score (nSPS) is 20.4. The van der Waals surface area contributed by atoms with Gasteiger partial charge in [-0.2, -0.15) is 0 Å². The summed E-state index contributed by atoms with van der Waals surface area (Å²) in [6.07, 6.45) is 0. The average Bonchev–Trinajstić information content (AvgIpc) is 2.23. The molecule has 0 saturated carbocycles. The van der Waals surface area contributed by atoms with Crippen LogP contribution in [0.1, 0.15) is 41.5 Å². The largest absolute Gasteiger partial charge is 0.0683 e. The zero-order valence-electron chi connectivity index (χ0n) is 11.4. The molecule has 1 saturated heterocycles. The first-order valence-corrected chi connectivity index (χ1v) is 5.52. The maximum absolute atomic E-state index is 8.81. The first-order chi connectivity index (χ1) is 6.77. The third-order valence-electron chi connectivity index (χ3n) is 2.37. The second-order valence-corrected chi connectivity index (χ2v) is 4.06. The van der Waals surface area contributed by atoms with Crippen LogP contribution < -0.4 is 0 Å². The van der Waals surface area contributed by atoms with E-state index in [1.165, 1.54) is 6.82 Å². The molecule has 1 aliphatic rings. The van der Waals surface area contributed by atoms with Crippen LogP contribution in [0.15, 0.2) is 0 Å². The molecule has 88 valence electrons. The van der Waals surface area contributed by atoms with E-state index in [0.717, 1.165) is 7.15 Å². The van der Waals surface area contributed by atoms with Crippen molar-refractivity contribution in [3.8, 4) is 0 Å². The van der Waals surface area contributed by atoms with E-state index >= 15 is 0 Å². The molecule has 0 aromatic heterocycles.